The molecule has 2 nitrogen and oxygen atoms in total. The van der Waals surface area contributed by atoms with Crippen LogP contribution >= 0.6 is 0 Å². The summed E-state index contributed by atoms with van der Waals surface area (Å²) in [6, 6.07) is 5.26. The van der Waals surface area contributed by atoms with E-state index >= 15 is 0 Å². The second kappa shape index (κ2) is 5.91. The molecule has 1 rings (SSSR count). The molecule has 0 amide bonds. The quantitative estimate of drug-likeness (QED) is 0.859. The van der Waals surface area contributed by atoms with Gasteiger partial charge in [0.15, 0.2) is 0 Å². The van der Waals surface area contributed by atoms with E-state index in [-0.39, 0.29) is 6.04 Å². The fraction of sp³-hybridized carbons (Fsp3) is 0.500. The first-order valence-electron chi connectivity index (χ1n) is 5.36. The van der Waals surface area contributed by atoms with Crippen LogP contribution in [0.3, 0.4) is 0 Å². The molecule has 17 heavy (non-hydrogen) atoms. The van der Waals surface area contributed by atoms with E-state index < -0.39 is 11.7 Å². The lowest BCUT2D eigenvalue weighted by Gasteiger charge is -2.16. The highest BCUT2D eigenvalue weighted by Crippen LogP contribution is 2.30. The van der Waals surface area contributed by atoms with Gasteiger partial charge < -0.3 is 10.1 Å². The fourth-order valence-electron chi connectivity index (χ4n) is 1.44. The number of hydrogen-bond acceptors (Lipinski definition) is 2. The molecule has 0 aliphatic heterocycles. The monoisotopic (exact) mass is 247 g/mol. The maximum Gasteiger partial charge on any atom is 0.416 e. The number of benzene rings is 1. The highest BCUT2D eigenvalue weighted by Gasteiger charge is 2.30. The Bertz CT molecular complexity index is 352. The Morgan fingerprint density at radius 3 is 2.65 bits per heavy atom. The van der Waals surface area contributed by atoms with E-state index in [0.717, 1.165) is 18.6 Å². The van der Waals surface area contributed by atoms with E-state index in [1.807, 2.05) is 6.92 Å². The van der Waals surface area contributed by atoms with Crippen molar-refractivity contribution >= 4 is 5.69 Å². The minimum Gasteiger partial charge on any atom is -0.385 e. The summed E-state index contributed by atoms with van der Waals surface area (Å²) < 4.78 is 42.3. The van der Waals surface area contributed by atoms with Crippen molar-refractivity contribution in [3.8, 4) is 0 Å². The number of alkyl halides is 3. The van der Waals surface area contributed by atoms with Gasteiger partial charge in [0.25, 0.3) is 0 Å². The lowest BCUT2D eigenvalue weighted by atomic mass is 10.1. The molecule has 1 atom stereocenters. The molecule has 0 spiro atoms. The van der Waals surface area contributed by atoms with E-state index in [2.05, 4.69) is 5.32 Å². The molecule has 0 saturated heterocycles. The molecule has 0 radical (unpaired) electrons. The van der Waals surface area contributed by atoms with Crippen molar-refractivity contribution < 1.29 is 17.9 Å². The number of anilines is 1. The SMILES string of the molecule is COCCC(C)Nc1cccc(C(F)(F)F)c1. The Hall–Kier alpha value is -1.23. The predicted octanol–water partition coefficient (Wildman–Crippen LogP) is 3.54. The summed E-state index contributed by atoms with van der Waals surface area (Å²) in [4.78, 5) is 0. The molecule has 1 unspecified atom stereocenters. The summed E-state index contributed by atoms with van der Waals surface area (Å²) in [7, 11) is 1.59. The van der Waals surface area contributed by atoms with Gasteiger partial charge >= 0.3 is 6.18 Å². The predicted molar refractivity (Wildman–Crippen MR) is 61.0 cm³/mol. The van der Waals surface area contributed by atoms with Crippen LogP contribution in [0.15, 0.2) is 24.3 Å². The van der Waals surface area contributed by atoms with Crippen LogP contribution in [-0.2, 0) is 10.9 Å². The van der Waals surface area contributed by atoms with Crippen molar-refractivity contribution in [3.63, 3.8) is 0 Å². The van der Waals surface area contributed by atoms with E-state index in [1.54, 1.807) is 13.2 Å². The van der Waals surface area contributed by atoms with Crippen molar-refractivity contribution in [1.82, 2.24) is 0 Å². The van der Waals surface area contributed by atoms with Crippen LogP contribution < -0.4 is 5.32 Å². The first-order valence-corrected chi connectivity index (χ1v) is 5.36. The van der Waals surface area contributed by atoms with Gasteiger partial charge in [-0.2, -0.15) is 13.2 Å². The van der Waals surface area contributed by atoms with E-state index in [9.17, 15) is 13.2 Å². The lowest BCUT2D eigenvalue weighted by Crippen LogP contribution is -2.17. The molecule has 0 heterocycles. The third-order valence-corrected chi connectivity index (χ3v) is 2.36. The summed E-state index contributed by atoms with van der Waals surface area (Å²) in [6.07, 6.45) is -3.56. The third-order valence-electron chi connectivity index (χ3n) is 2.36. The lowest BCUT2D eigenvalue weighted by molar-refractivity contribution is -0.137. The molecule has 1 N–H and O–H groups in total. The van der Waals surface area contributed by atoms with Crippen molar-refractivity contribution in [3.05, 3.63) is 29.8 Å². The summed E-state index contributed by atoms with van der Waals surface area (Å²) in [5.74, 6) is 0. The van der Waals surface area contributed by atoms with Crippen LogP contribution in [0.4, 0.5) is 18.9 Å². The largest absolute Gasteiger partial charge is 0.416 e. The first kappa shape index (κ1) is 13.8. The Morgan fingerprint density at radius 2 is 2.06 bits per heavy atom. The van der Waals surface area contributed by atoms with Gasteiger partial charge in [-0.05, 0) is 31.5 Å². The third kappa shape index (κ3) is 4.65. The Labute approximate surface area is 98.8 Å². The molecule has 96 valence electrons. The van der Waals surface area contributed by atoms with Crippen molar-refractivity contribution in [2.45, 2.75) is 25.6 Å². The zero-order chi connectivity index (χ0) is 12.9. The van der Waals surface area contributed by atoms with Gasteiger partial charge in [-0.15, -0.1) is 0 Å². The second-order valence-corrected chi connectivity index (χ2v) is 3.91. The molecule has 0 aromatic heterocycles. The molecule has 5 heteroatoms. The van der Waals surface area contributed by atoms with Crippen LogP contribution in [0, 0.1) is 0 Å². The Kier molecular flexibility index (Phi) is 4.81. The average molecular weight is 247 g/mol. The molecule has 0 saturated carbocycles. The molecule has 1 aromatic rings. The van der Waals surface area contributed by atoms with E-state index in [1.165, 1.54) is 6.07 Å². The van der Waals surface area contributed by atoms with Gasteiger partial charge in [0.1, 0.15) is 0 Å². The van der Waals surface area contributed by atoms with Gasteiger partial charge in [-0.25, -0.2) is 0 Å². The van der Waals surface area contributed by atoms with E-state index in [0.29, 0.717) is 12.3 Å². The normalized spacial score (nSPS) is 13.5. The van der Waals surface area contributed by atoms with Crippen molar-refractivity contribution in [2.75, 3.05) is 19.0 Å². The standard InChI is InChI=1S/C12H16F3NO/c1-9(6-7-17-2)16-11-5-3-4-10(8-11)12(13,14)15/h3-5,8-9,16H,6-7H2,1-2H3. The van der Waals surface area contributed by atoms with Crippen LogP contribution in [-0.4, -0.2) is 19.8 Å². The summed E-state index contributed by atoms with van der Waals surface area (Å²) in [5.41, 5.74) is -0.162. The molecule has 0 aliphatic carbocycles. The zero-order valence-electron chi connectivity index (χ0n) is 9.84. The summed E-state index contributed by atoms with van der Waals surface area (Å²) in [6.45, 7) is 2.48. The van der Waals surface area contributed by atoms with Gasteiger partial charge in [0.2, 0.25) is 0 Å². The highest BCUT2D eigenvalue weighted by molar-refractivity contribution is 5.47. The molecule has 0 aliphatic rings. The number of hydrogen-bond donors (Lipinski definition) is 1. The van der Waals surface area contributed by atoms with Crippen LogP contribution in [0.5, 0.6) is 0 Å². The van der Waals surface area contributed by atoms with Gasteiger partial charge in [-0.1, -0.05) is 6.07 Å². The van der Waals surface area contributed by atoms with Gasteiger partial charge in [-0.3, -0.25) is 0 Å². The topological polar surface area (TPSA) is 21.3 Å². The minimum absolute atomic E-state index is 0.0680. The number of rotatable bonds is 5. The van der Waals surface area contributed by atoms with Gasteiger partial charge in [0.05, 0.1) is 5.56 Å². The number of halogens is 3. The number of nitrogens with one attached hydrogen (secondary N) is 1. The number of methoxy groups -OCH3 is 1. The maximum absolute atomic E-state index is 12.5. The Balaban J connectivity index is 2.66. The summed E-state index contributed by atoms with van der Waals surface area (Å²) in [5, 5.41) is 3.01. The molecule has 1 aromatic carbocycles. The molecular weight excluding hydrogens is 231 g/mol. The van der Waals surface area contributed by atoms with Crippen molar-refractivity contribution in [2.24, 2.45) is 0 Å². The minimum atomic E-state index is -4.30. The van der Waals surface area contributed by atoms with E-state index in [4.69, 9.17) is 4.74 Å². The molecular formula is C12H16F3NO. The van der Waals surface area contributed by atoms with Crippen molar-refractivity contribution in [1.29, 1.82) is 0 Å². The Morgan fingerprint density at radius 1 is 1.35 bits per heavy atom. The van der Waals surface area contributed by atoms with Gasteiger partial charge in [0, 0.05) is 25.4 Å². The first-order chi connectivity index (χ1) is 7.93. The second-order valence-electron chi connectivity index (χ2n) is 3.91. The highest BCUT2D eigenvalue weighted by atomic mass is 19.4. The van der Waals surface area contributed by atoms with Crippen LogP contribution in [0.1, 0.15) is 18.9 Å². The van der Waals surface area contributed by atoms with Crippen LogP contribution in [0.2, 0.25) is 0 Å². The average Bonchev–Trinajstić information content (AvgIpc) is 2.25. The zero-order valence-corrected chi connectivity index (χ0v) is 9.84. The maximum atomic E-state index is 12.5. The fourth-order valence-corrected chi connectivity index (χ4v) is 1.44. The molecule has 0 bridgehead atoms. The smallest absolute Gasteiger partial charge is 0.385 e. The summed E-state index contributed by atoms with van der Waals surface area (Å²) >= 11 is 0. The molecule has 0 fully saturated rings. The number of ether oxygens (including phenoxy) is 1. The van der Waals surface area contributed by atoms with Crippen LogP contribution in [0.25, 0.3) is 0 Å².